The Hall–Kier alpha value is -0.170. The van der Waals surface area contributed by atoms with Gasteiger partial charge >= 0.3 is 0 Å². The molecule has 2 N–H and O–H groups in total. The number of rotatable bonds is 7. The Morgan fingerprint density at radius 2 is 1.93 bits per heavy atom. The molecule has 4 heteroatoms. The fraction of sp³-hybridized carbons (Fsp3) is 0.455. The molecule has 1 aromatic carbocycles. The molecule has 0 aliphatic carbocycles. The predicted molar refractivity (Wildman–Crippen MR) is 68.8 cm³/mol. The van der Waals surface area contributed by atoms with Crippen molar-refractivity contribution in [2.24, 2.45) is 0 Å². The van der Waals surface area contributed by atoms with Gasteiger partial charge in [0.2, 0.25) is 0 Å². The summed E-state index contributed by atoms with van der Waals surface area (Å²) in [4.78, 5) is 0. The minimum Gasteiger partial charge on any atom is -0.394 e. The van der Waals surface area contributed by atoms with Crippen LogP contribution in [0.5, 0.6) is 0 Å². The Balaban J connectivity index is 2.07. The molecule has 15 heavy (non-hydrogen) atoms. The summed E-state index contributed by atoms with van der Waals surface area (Å²) in [5.41, 5.74) is 1.28. The van der Waals surface area contributed by atoms with Gasteiger partial charge in [0.1, 0.15) is 0 Å². The summed E-state index contributed by atoms with van der Waals surface area (Å²) < 4.78 is 6.38. The van der Waals surface area contributed by atoms with E-state index in [1.807, 2.05) is 0 Å². The van der Waals surface area contributed by atoms with E-state index in [0.717, 1.165) is 13.1 Å². The average molecular weight is 321 g/mol. The summed E-state index contributed by atoms with van der Waals surface area (Å²) in [6.45, 7) is 2.83. The van der Waals surface area contributed by atoms with Crippen LogP contribution in [0, 0.1) is 3.57 Å². The van der Waals surface area contributed by atoms with E-state index in [-0.39, 0.29) is 6.61 Å². The van der Waals surface area contributed by atoms with Crippen LogP contribution in [0.25, 0.3) is 0 Å². The molecule has 0 amide bonds. The summed E-state index contributed by atoms with van der Waals surface area (Å²) in [7, 11) is 0. The van der Waals surface area contributed by atoms with Gasteiger partial charge in [-0.25, -0.2) is 0 Å². The van der Waals surface area contributed by atoms with Crippen molar-refractivity contribution in [3.05, 3.63) is 33.4 Å². The molecule has 0 heterocycles. The second-order valence-corrected chi connectivity index (χ2v) is 4.38. The zero-order valence-corrected chi connectivity index (χ0v) is 10.7. The average Bonchev–Trinajstić information content (AvgIpc) is 2.26. The molecule has 1 aromatic rings. The molecule has 0 bridgehead atoms. The van der Waals surface area contributed by atoms with Gasteiger partial charge in [0.05, 0.1) is 19.8 Å². The fourth-order valence-electron chi connectivity index (χ4n) is 1.15. The van der Waals surface area contributed by atoms with E-state index in [2.05, 4.69) is 52.2 Å². The standard InChI is InChI=1S/C11H16INO2/c12-11-3-1-10(2-4-11)9-13-5-7-15-8-6-14/h1-4,13-14H,5-9H2. The Bertz CT molecular complexity index is 264. The Labute approximate surface area is 104 Å². The Morgan fingerprint density at radius 3 is 2.60 bits per heavy atom. The molecule has 3 nitrogen and oxygen atoms in total. The first-order chi connectivity index (χ1) is 7.33. The van der Waals surface area contributed by atoms with E-state index < -0.39 is 0 Å². The van der Waals surface area contributed by atoms with Crippen molar-refractivity contribution in [1.82, 2.24) is 5.32 Å². The lowest BCUT2D eigenvalue weighted by atomic mass is 10.2. The molecule has 84 valence electrons. The van der Waals surface area contributed by atoms with Gasteiger partial charge in [-0.3, -0.25) is 0 Å². The van der Waals surface area contributed by atoms with E-state index in [9.17, 15) is 0 Å². The smallest absolute Gasteiger partial charge is 0.0698 e. The molecule has 0 aromatic heterocycles. The highest BCUT2D eigenvalue weighted by atomic mass is 127. The lowest BCUT2D eigenvalue weighted by Crippen LogP contribution is -2.19. The third-order valence-electron chi connectivity index (χ3n) is 1.90. The summed E-state index contributed by atoms with van der Waals surface area (Å²) in [5.74, 6) is 0. The van der Waals surface area contributed by atoms with E-state index >= 15 is 0 Å². The number of ether oxygens (including phenoxy) is 1. The lowest BCUT2D eigenvalue weighted by molar-refractivity contribution is 0.0938. The van der Waals surface area contributed by atoms with Crippen LogP contribution in [0.2, 0.25) is 0 Å². The van der Waals surface area contributed by atoms with Crippen LogP contribution in [0.3, 0.4) is 0 Å². The van der Waals surface area contributed by atoms with Gasteiger partial charge in [0.25, 0.3) is 0 Å². The maximum Gasteiger partial charge on any atom is 0.0698 e. The molecule has 0 radical (unpaired) electrons. The molecular weight excluding hydrogens is 305 g/mol. The topological polar surface area (TPSA) is 41.5 Å². The van der Waals surface area contributed by atoms with Crippen LogP contribution in [0.15, 0.2) is 24.3 Å². The van der Waals surface area contributed by atoms with Crippen molar-refractivity contribution in [2.45, 2.75) is 6.54 Å². The number of aliphatic hydroxyl groups excluding tert-OH is 1. The largest absolute Gasteiger partial charge is 0.394 e. The van der Waals surface area contributed by atoms with Gasteiger partial charge in [0, 0.05) is 16.7 Å². The fourth-order valence-corrected chi connectivity index (χ4v) is 1.51. The van der Waals surface area contributed by atoms with Crippen molar-refractivity contribution >= 4 is 22.6 Å². The van der Waals surface area contributed by atoms with E-state index in [1.54, 1.807) is 0 Å². The summed E-state index contributed by atoms with van der Waals surface area (Å²) >= 11 is 2.29. The molecule has 0 spiro atoms. The maximum absolute atomic E-state index is 8.48. The number of benzene rings is 1. The monoisotopic (exact) mass is 321 g/mol. The molecule has 0 aliphatic rings. The molecule has 0 saturated carbocycles. The Kier molecular flexibility index (Phi) is 6.91. The van der Waals surface area contributed by atoms with Crippen molar-refractivity contribution < 1.29 is 9.84 Å². The number of hydrogen-bond donors (Lipinski definition) is 2. The van der Waals surface area contributed by atoms with Gasteiger partial charge in [-0.1, -0.05) is 12.1 Å². The van der Waals surface area contributed by atoms with E-state index in [4.69, 9.17) is 9.84 Å². The highest BCUT2D eigenvalue weighted by Crippen LogP contribution is 2.06. The molecule has 0 saturated heterocycles. The van der Waals surface area contributed by atoms with Crippen LogP contribution in [-0.2, 0) is 11.3 Å². The van der Waals surface area contributed by atoms with Crippen LogP contribution in [0.1, 0.15) is 5.56 Å². The van der Waals surface area contributed by atoms with Crippen LogP contribution in [-0.4, -0.2) is 31.5 Å². The third kappa shape index (κ3) is 6.09. The first-order valence-electron chi connectivity index (χ1n) is 4.96. The third-order valence-corrected chi connectivity index (χ3v) is 2.62. The van der Waals surface area contributed by atoms with Crippen molar-refractivity contribution in [3.63, 3.8) is 0 Å². The Morgan fingerprint density at radius 1 is 1.20 bits per heavy atom. The second kappa shape index (κ2) is 8.04. The first kappa shape index (κ1) is 12.9. The highest BCUT2D eigenvalue weighted by Gasteiger charge is 1.92. The van der Waals surface area contributed by atoms with Crippen LogP contribution >= 0.6 is 22.6 Å². The number of halogens is 1. The first-order valence-corrected chi connectivity index (χ1v) is 6.04. The zero-order valence-electron chi connectivity index (χ0n) is 8.58. The van der Waals surface area contributed by atoms with E-state index in [0.29, 0.717) is 13.2 Å². The number of nitrogens with one attached hydrogen (secondary N) is 1. The summed E-state index contributed by atoms with van der Waals surface area (Å²) in [5, 5.41) is 11.8. The van der Waals surface area contributed by atoms with Gasteiger partial charge < -0.3 is 15.2 Å². The molecule has 0 aliphatic heterocycles. The minimum absolute atomic E-state index is 0.0944. The van der Waals surface area contributed by atoms with Crippen molar-refractivity contribution in [1.29, 1.82) is 0 Å². The van der Waals surface area contributed by atoms with Crippen LogP contribution in [0.4, 0.5) is 0 Å². The molecular formula is C11H16INO2. The van der Waals surface area contributed by atoms with E-state index in [1.165, 1.54) is 9.13 Å². The molecule has 0 unspecified atom stereocenters. The lowest BCUT2D eigenvalue weighted by Gasteiger charge is -2.05. The summed E-state index contributed by atoms with van der Waals surface area (Å²) in [6.07, 6.45) is 0. The molecule has 1 rings (SSSR count). The second-order valence-electron chi connectivity index (χ2n) is 3.14. The minimum atomic E-state index is 0.0944. The molecule has 0 atom stereocenters. The molecule has 0 fully saturated rings. The quantitative estimate of drug-likeness (QED) is 0.589. The maximum atomic E-state index is 8.48. The summed E-state index contributed by atoms with van der Waals surface area (Å²) in [6, 6.07) is 8.42. The predicted octanol–water partition coefficient (Wildman–Crippen LogP) is 1.39. The van der Waals surface area contributed by atoms with Crippen molar-refractivity contribution in [3.8, 4) is 0 Å². The SMILES string of the molecule is OCCOCCNCc1ccc(I)cc1. The number of aliphatic hydroxyl groups is 1. The van der Waals surface area contributed by atoms with Crippen molar-refractivity contribution in [2.75, 3.05) is 26.4 Å². The zero-order chi connectivity index (χ0) is 10.9. The van der Waals surface area contributed by atoms with Gasteiger partial charge in [-0.15, -0.1) is 0 Å². The highest BCUT2D eigenvalue weighted by molar-refractivity contribution is 14.1. The van der Waals surface area contributed by atoms with Gasteiger partial charge in [-0.2, -0.15) is 0 Å². The van der Waals surface area contributed by atoms with Gasteiger partial charge in [0.15, 0.2) is 0 Å². The number of hydrogen-bond acceptors (Lipinski definition) is 3. The van der Waals surface area contributed by atoms with Crippen LogP contribution < -0.4 is 5.32 Å². The normalized spacial score (nSPS) is 10.5. The van der Waals surface area contributed by atoms with Gasteiger partial charge in [-0.05, 0) is 40.3 Å².